The molecule has 9 aromatic carbocycles. The first-order valence-electron chi connectivity index (χ1n) is 22.1. The van der Waals surface area contributed by atoms with E-state index in [1.54, 1.807) is 0 Å². The molecule has 4 nitrogen and oxygen atoms in total. The number of fused-ring (bicyclic) bond motifs is 10. The van der Waals surface area contributed by atoms with Crippen LogP contribution in [0.15, 0.2) is 216 Å². The Balaban J connectivity index is 0.859. The Morgan fingerprint density at radius 2 is 0.831 bits per heavy atom. The molecule has 13 rings (SSSR count). The first-order chi connectivity index (χ1) is 32.1. The number of allylic oxidation sites excluding steroid dienone is 1. The van der Waals surface area contributed by atoms with Crippen LogP contribution < -0.4 is 0 Å². The molecule has 0 aliphatic rings. The summed E-state index contributed by atoms with van der Waals surface area (Å²) in [6, 6.07) is 71.7. The van der Waals surface area contributed by atoms with Crippen LogP contribution in [0.25, 0.3) is 133 Å². The standard InChI is InChI=1S/C61H40N2O2/c1-3-58-50(32-38(2)62-54-22-8-4-18-46(54)47-19-5-9-23-55(47)62)51-35-43(26-29-59(51)64-58)41-16-12-14-39(33-41)40-15-13-17-42(34-40)44-27-30-60-52(36-44)53-37-45(28-31-61(53)65-60)63-56-24-10-6-20-48(56)49-21-7-11-25-57(49)63/h3-37H,1H2,2H3/b38-32+. The van der Waals surface area contributed by atoms with Crippen LogP contribution >= 0.6 is 0 Å². The summed E-state index contributed by atoms with van der Waals surface area (Å²) in [6.45, 7) is 6.30. The zero-order chi connectivity index (χ0) is 43.2. The fraction of sp³-hybridized carbons (Fsp3) is 0.0164. The summed E-state index contributed by atoms with van der Waals surface area (Å²) in [5.41, 5.74) is 17.4. The highest BCUT2D eigenvalue weighted by molar-refractivity contribution is 6.12. The lowest BCUT2D eigenvalue weighted by molar-refractivity contribution is 0.603. The first kappa shape index (κ1) is 37.0. The third kappa shape index (κ3) is 5.85. The molecule has 0 bridgehead atoms. The summed E-state index contributed by atoms with van der Waals surface area (Å²) in [5, 5.41) is 8.22. The van der Waals surface area contributed by atoms with E-state index < -0.39 is 0 Å². The van der Waals surface area contributed by atoms with Gasteiger partial charge in [-0.2, -0.15) is 0 Å². The van der Waals surface area contributed by atoms with Crippen LogP contribution in [0.4, 0.5) is 0 Å². The Labute approximate surface area is 374 Å². The first-order valence-corrected chi connectivity index (χ1v) is 22.1. The van der Waals surface area contributed by atoms with Crippen molar-refractivity contribution in [2.24, 2.45) is 0 Å². The van der Waals surface area contributed by atoms with Gasteiger partial charge in [0.05, 0.1) is 22.1 Å². The molecule has 0 radical (unpaired) electrons. The van der Waals surface area contributed by atoms with E-state index in [4.69, 9.17) is 8.83 Å². The van der Waals surface area contributed by atoms with Gasteiger partial charge in [0.25, 0.3) is 0 Å². The van der Waals surface area contributed by atoms with E-state index in [1.807, 2.05) is 6.08 Å². The van der Waals surface area contributed by atoms with Crippen molar-refractivity contribution in [3.8, 4) is 39.1 Å². The number of rotatable bonds is 7. The fourth-order valence-electron chi connectivity index (χ4n) is 10.2. The van der Waals surface area contributed by atoms with Gasteiger partial charge in [-0.3, -0.25) is 0 Å². The van der Waals surface area contributed by atoms with E-state index in [9.17, 15) is 0 Å². The Bertz CT molecular complexity index is 4000. The third-order valence-electron chi connectivity index (χ3n) is 13.2. The van der Waals surface area contributed by atoms with E-state index in [0.717, 1.165) is 89.0 Å². The van der Waals surface area contributed by atoms with Gasteiger partial charge in [-0.15, -0.1) is 0 Å². The molecule has 306 valence electrons. The largest absolute Gasteiger partial charge is 0.456 e. The molecule has 4 aromatic heterocycles. The molecule has 0 amide bonds. The molecule has 0 aliphatic carbocycles. The zero-order valence-corrected chi connectivity index (χ0v) is 35.6. The highest BCUT2D eigenvalue weighted by atomic mass is 16.3. The molecule has 0 aliphatic heterocycles. The highest BCUT2D eigenvalue weighted by Crippen LogP contribution is 2.40. The Morgan fingerprint density at radius 1 is 0.400 bits per heavy atom. The minimum Gasteiger partial charge on any atom is -0.456 e. The molecule has 4 heterocycles. The molecule has 0 N–H and O–H groups in total. The third-order valence-corrected chi connectivity index (χ3v) is 13.2. The van der Waals surface area contributed by atoms with E-state index in [1.165, 1.54) is 43.6 Å². The van der Waals surface area contributed by atoms with E-state index in [-0.39, 0.29) is 0 Å². The van der Waals surface area contributed by atoms with Crippen molar-refractivity contribution in [2.45, 2.75) is 6.92 Å². The maximum atomic E-state index is 6.42. The van der Waals surface area contributed by atoms with Crippen LogP contribution in [-0.2, 0) is 0 Å². The predicted octanol–water partition coefficient (Wildman–Crippen LogP) is 17.2. The Morgan fingerprint density at radius 3 is 1.37 bits per heavy atom. The molecular weight excluding hydrogens is 793 g/mol. The second-order valence-corrected chi connectivity index (χ2v) is 17.0. The van der Waals surface area contributed by atoms with Gasteiger partial charge in [-0.05, 0) is 131 Å². The lowest BCUT2D eigenvalue weighted by Crippen LogP contribution is -1.93. The van der Waals surface area contributed by atoms with Gasteiger partial charge in [-0.25, -0.2) is 0 Å². The summed E-state index contributed by atoms with van der Waals surface area (Å²) in [7, 11) is 0. The molecule has 0 saturated heterocycles. The number of aromatic nitrogens is 2. The zero-order valence-electron chi connectivity index (χ0n) is 35.6. The molecule has 0 saturated carbocycles. The van der Waals surface area contributed by atoms with Crippen LogP contribution in [-0.4, -0.2) is 9.13 Å². The van der Waals surface area contributed by atoms with E-state index >= 15 is 0 Å². The minimum atomic E-state index is 0.757. The van der Waals surface area contributed by atoms with Crippen molar-refractivity contribution < 1.29 is 8.83 Å². The van der Waals surface area contributed by atoms with E-state index in [2.05, 4.69) is 229 Å². The summed E-state index contributed by atoms with van der Waals surface area (Å²) < 4.78 is 17.5. The smallest absolute Gasteiger partial charge is 0.135 e. The van der Waals surface area contributed by atoms with Crippen molar-refractivity contribution in [1.29, 1.82) is 0 Å². The van der Waals surface area contributed by atoms with Gasteiger partial charge in [-0.1, -0.05) is 128 Å². The molecule has 0 fully saturated rings. The Hall–Kier alpha value is -8.60. The number of hydrogen-bond donors (Lipinski definition) is 0. The van der Waals surface area contributed by atoms with Crippen LogP contribution in [0.5, 0.6) is 0 Å². The molecule has 65 heavy (non-hydrogen) atoms. The highest BCUT2D eigenvalue weighted by Gasteiger charge is 2.18. The number of hydrogen-bond acceptors (Lipinski definition) is 2. The van der Waals surface area contributed by atoms with Crippen LogP contribution in [0, 0.1) is 0 Å². The second kappa shape index (κ2) is 14.5. The minimum absolute atomic E-state index is 0.757. The van der Waals surface area contributed by atoms with Crippen molar-refractivity contribution in [2.75, 3.05) is 0 Å². The van der Waals surface area contributed by atoms with Crippen molar-refractivity contribution in [3.05, 3.63) is 218 Å². The molecule has 0 atom stereocenters. The quantitative estimate of drug-likeness (QED) is 0.160. The summed E-state index contributed by atoms with van der Waals surface area (Å²) in [5.74, 6) is 0.757. The van der Waals surface area contributed by atoms with Crippen molar-refractivity contribution in [3.63, 3.8) is 0 Å². The molecule has 0 spiro atoms. The number of nitrogens with zero attached hydrogens (tertiary/aromatic N) is 2. The van der Waals surface area contributed by atoms with Gasteiger partial charge in [0.2, 0.25) is 0 Å². The molecule has 13 aromatic rings. The monoisotopic (exact) mass is 832 g/mol. The molecular formula is C61H40N2O2. The lowest BCUT2D eigenvalue weighted by atomic mass is 9.95. The SMILES string of the molecule is C=Cc1oc2ccc(-c3cccc(-c4cccc(-c5ccc6oc7ccc(-n8c9ccccc9c9ccccc98)cc7c6c5)c4)c3)cc2c1/C=C(\C)n1c2ccccc2c2ccccc21. The second-order valence-electron chi connectivity index (χ2n) is 17.0. The summed E-state index contributed by atoms with van der Waals surface area (Å²) in [4.78, 5) is 0. The topological polar surface area (TPSA) is 36.1 Å². The van der Waals surface area contributed by atoms with Crippen LogP contribution in [0.3, 0.4) is 0 Å². The van der Waals surface area contributed by atoms with Crippen molar-refractivity contribution >= 4 is 94.4 Å². The molecule has 4 heteroatoms. The van der Waals surface area contributed by atoms with Crippen molar-refractivity contribution in [1.82, 2.24) is 9.13 Å². The number of furan rings is 2. The summed E-state index contributed by atoms with van der Waals surface area (Å²) in [6.07, 6.45) is 4.05. The maximum absolute atomic E-state index is 6.42. The lowest BCUT2D eigenvalue weighted by Gasteiger charge is -2.10. The average Bonchev–Trinajstić information content (AvgIpc) is 4.11. The van der Waals surface area contributed by atoms with Gasteiger partial charge in [0.1, 0.15) is 22.5 Å². The molecule has 0 unspecified atom stereocenters. The van der Waals surface area contributed by atoms with Crippen LogP contribution in [0.2, 0.25) is 0 Å². The van der Waals surface area contributed by atoms with Gasteiger partial charge < -0.3 is 18.0 Å². The van der Waals surface area contributed by atoms with E-state index in [0.29, 0.717) is 0 Å². The van der Waals surface area contributed by atoms with Gasteiger partial charge in [0.15, 0.2) is 0 Å². The maximum Gasteiger partial charge on any atom is 0.135 e. The summed E-state index contributed by atoms with van der Waals surface area (Å²) >= 11 is 0. The number of benzene rings is 9. The van der Waals surface area contributed by atoms with Gasteiger partial charge >= 0.3 is 0 Å². The fourth-order valence-corrected chi connectivity index (χ4v) is 10.2. The number of para-hydroxylation sites is 4. The average molecular weight is 833 g/mol. The predicted molar refractivity (Wildman–Crippen MR) is 274 cm³/mol. The van der Waals surface area contributed by atoms with Gasteiger partial charge in [0, 0.05) is 54.7 Å². The normalized spacial score (nSPS) is 12.2. The van der Waals surface area contributed by atoms with Crippen LogP contribution in [0.1, 0.15) is 18.2 Å². The Kier molecular flexibility index (Phi) is 8.24.